The van der Waals surface area contributed by atoms with Crippen molar-refractivity contribution < 1.29 is 14.6 Å². The van der Waals surface area contributed by atoms with Crippen molar-refractivity contribution in [3.8, 4) is 0 Å². The number of aromatic nitrogens is 2. The highest BCUT2D eigenvalue weighted by Gasteiger charge is 2.11. The molecule has 0 saturated carbocycles. The minimum absolute atomic E-state index is 0.161. The summed E-state index contributed by atoms with van der Waals surface area (Å²) < 4.78 is 4.61. The Morgan fingerprint density at radius 2 is 2.40 bits per heavy atom. The van der Waals surface area contributed by atoms with Gasteiger partial charge >= 0.3 is 5.97 Å². The van der Waals surface area contributed by atoms with Crippen LogP contribution in [0.2, 0.25) is 0 Å². The lowest BCUT2D eigenvalue weighted by atomic mass is 10.1. The second kappa shape index (κ2) is 3.70. The first-order chi connectivity index (χ1) is 7.26. The number of imidazole rings is 1. The van der Waals surface area contributed by atoms with Crippen LogP contribution in [0, 0.1) is 0 Å². The van der Waals surface area contributed by atoms with Crippen molar-refractivity contribution in [3.05, 3.63) is 29.6 Å². The van der Waals surface area contributed by atoms with Gasteiger partial charge in [-0.1, -0.05) is 0 Å². The number of esters is 1. The van der Waals surface area contributed by atoms with Crippen molar-refractivity contribution in [1.29, 1.82) is 0 Å². The van der Waals surface area contributed by atoms with Gasteiger partial charge in [-0.3, -0.25) is 0 Å². The minimum Gasteiger partial charge on any atom is -0.465 e. The van der Waals surface area contributed by atoms with Crippen molar-refractivity contribution in [2.75, 3.05) is 7.11 Å². The number of aliphatic hydroxyl groups excluding tert-OH is 1. The van der Waals surface area contributed by atoms with Gasteiger partial charge < -0.3 is 14.8 Å². The van der Waals surface area contributed by atoms with Crippen LogP contribution in [0.3, 0.4) is 0 Å². The van der Waals surface area contributed by atoms with Crippen molar-refractivity contribution in [2.45, 2.75) is 6.61 Å². The lowest BCUT2D eigenvalue weighted by molar-refractivity contribution is 0.0600. The Labute approximate surface area is 85.7 Å². The lowest BCUT2D eigenvalue weighted by Crippen LogP contribution is -2.02. The maximum atomic E-state index is 11.3. The third kappa shape index (κ3) is 1.57. The van der Waals surface area contributed by atoms with E-state index in [4.69, 9.17) is 5.11 Å². The number of ether oxygens (including phenoxy) is 1. The number of rotatable bonds is 2. The Balaban J connectivity index is 2.63. The van der Waals surface area contributed by atoms with Crippen LogP contribution in [-0.4, -0.2) is 28.2 Å². The molecule has 0 spiro atoms. The van der Waals surface area contributed by atoms with E-state index >= 15 is 0 Å². The molecule has 0 bridgehead atoms. The van der Waals surface area contributed by atoms with Gasteiger partial charge in [0.05, 0.1) is 36.6 Å². The number of fused-ring (bicyclic) bond motifs is 1. The quantitative estimate of drug-likeness (QED) is 0.714. The predicted molar refractivity (Wildman–Crippen MR) is 53.4 cm³/mol. The summed E-state index contributed by atoms with van der Waals surface area (Å²) in [6.07, 6.45) is 1.52. The number of hydrogen-bond acceptors (Lipinski definition) is 4. The molecule has 5 heteroatoms. The van der Waals surface area contributed by atoms with Gasteiger partial charge in [-0.2, -0.15) is 0 Å². The molecule has 0 aliphatic carbocycles. The minimum atomic E-state index is -0.429. The molecule has 0 fully saturated rings. The highest BCUT2D eigenvalue weighted by Crippen LogP contribution is 2.18. The molecule has 15 heavy (non-hydrogen) atoms. The molecule has 0 unspecified atom stereocenters. The van der Waals surface area contributed by atoms with Crippen LogP contribution < -0.4 is 0 Å². The number of carbonyl (C=O) groups is 1. The molecule has 0 aliphatic rings. The maximum absolute atomic E-state index is 11.3. The van der Waals surface area contributed by atoms with E-state index in [1.165, 1.54) is 13.4 Å². The summed E-state index contributed by atoms with van der Waals surface area (Å²) in [5.74, 6) is -0.429. The molecular formula is C10H10N2O3. The second-order valence-electron chi connectivity index (χ2n) is 3.08. The Hall–Kier alpha value is -1.88. The molecule has 78 valence electrons. The zero-order valence-electron chi connectivity index (χ0n) is 8.15. The summed E-state index contributed by atoms with van der Waals surface area (Å²) in [6, 6.07) is 3.22. The summed E-state index contributed by atoms with van der Waals surface area (Å²) in [5, 5.41) is 9.13. The normalized spacial score (nSPS) is 10.5. The van der Waals surface area contributed by atoms with Gasteiger partial charge in [0.1, 0.15) is 0 Å². The first-order valence-electron chi connectivity index (χ1n) is 4.41. The van der Waals surface area contributed by atoms with Gasteiger partial charge in [0.15, 0.2) is 0 Å². The Morgan fingerprint density at radius 3 is 3.07 bits per heavy atom. The Morgan fingerprint density at radius 1 is 1.60 bits per heavy atom. The summed E-state index contributed by atoms with van der Waals surface area (Å²) in [5.41, 5.74) is 2.39. The second-order valence-corrected chi connectivity index (χ2v) is 3.08. The molecule has 1 aromatic carbocycles. The molecule has 2 N–H and O–H groups in total. The first-order valence-corrected chi connectivity index (χ1v) is 4.41. The van der Waals surface area contributed by atoms with Crippen molar-refractivity contribution in [2.24, 2.45) is 0 Å². The Kier molecular flexibility index (Phi) is 2.39. The average molecular weight is 206 g/mol. The van der Waals surface area contributed by atoms with E-state index in [0.717, 1.165) is 0 Å². The third-order valence-corrected chi connectivity index (χ3v) is 2.19. The van der Waals surface area contributed by atoms with Gasteiger partial charge in [0.2, 0.25) is 0 Å². The van der Waals surface area contributed by atoms with Crippen LogP contribution in [-0.2, 0) is 11.3 Å². The number of aliphatic hydroxyl groups is 1. The van der Waals surface area contributed by atoms with Crippen LogP contribution in [0.25, 0.3) is 11.0 Å². The van der Waals surface area contributed by atoms with Crippen LogP contribution >= 0.6 is 0 Å². The van der Waals surface area contributed by atoms with Crippen molar-refractivity contribution in [1.82, 2.24) is 9.97 Å². The van der Waals surface area contributed by atoms with Gasteiger partial charge in [0, 0.05) is 5.56 Å². The highest BCUT2D eigenvalue weighted by atomic mass is 16.5. The fraction of sp³-hybridized carbons (Fsp3) is 0.200. The molecule has 0 aliphatic heterocycles. The van der Waals surface area contributed by atoms with E-state index in [-0.39, 0.29) is 6.61 Å². The van der Waals surface area contributed by atoms with Gasteiger partial charge in [-0.05, 0) is 12.1 Å². The summed E-state index contributed by atoms with van der Waals surface area (Å²) >= 11 is 0. The summed E-state index contributed by atoms with van der Waals surface area (Å²) in [4.78, 5) is 18.2. The lowest BCUT2D eigenvalue weighted by Gasteiger charge is -2.02. The summed E-state index contributed by atoms with van der Waals surface area (Å²) in [6.45, 7) is -0.161. The van der Waals surface area contributed by atoms with E-state index in [2.05, 4.69) is 14.7 Å². The number of nitrogens with zero attached hydrogens (tertiary/aromatic N) is 1. The molecular weight excluding hydrogens is 196 g/mol. The number of methoxy groups -OCH3 is 1. The SMILES string of the molecule is COC(=O)c1cc(CO)c2nc[nH]c2c1. The Bertz CT molecular complexity index is 504. The third-order valence-electron chi connectivity index (χ3n) is 2.19. The zero-order valence-corrected chi connectivity index (χ0v) is 8.15. The number of benzene rings is 1. The zero-order chi connectivity index (χ0) is 10.8. The van der Waals surface area contributed by atoms with Crippen LogP contribution in [0.15, 0.2) is 18.5 Å². The fourth-order valence-electron chi connectivity index (χ4n) is 1.48. The molecule has 0 amide bonds. The van der Waals surface area contributed by atoms with Gasteiger partial charge in [0.25, 0.3) is 0 Å². The van der Waals surface area contributed by atoms with E-state index in [1.54, 1.807) is 12.1 Å². The van der Waals surface area contributed by atoms with Crippen LogP contribution in [0.4, 0.5) is 0 Å². The van der Waals surface area contributed by atoms with Crippen molar-refractivity contribution >= 4 is 17.0 Å². The molecule has 0 radical (unpaired) electrons. The molecule has 0 saturated heterocycles. The standard InChI is InChI=1S/C10H10N2O3/c1-15-10(14)6-2-7(4-13)9-8(3-6)11-5-12-9/h2-3,5,13H,4H2,1H3,(H,11,12). The molecule has 1 heterocycles. The molecule has 5 nitrogen and oxygen atoms in total. The highest BCUT2D eigenvalue weighted by molar-refractivity contribution is 5.94. The fourth-order valence-corrected chi connectivity index (χ4v) is 1.48. The number of aromatic amines is 1. The molecule has 0 atom stereocenters. The van der Waals surface area contributed by atoms with Crippen LogP contribution in [0.5, 0.6) is 0 Å². The molecule has 1 aromatic heterocycles. The van der Waals surface area contributed by atoms with E-state index in [9.17, 15) is 4.79 Å². The summed E-state index contributed by atoms with van der Waals surface area (Å²) in [7, 11) is 1.32. The topological polar surface area (TPSA) is 75.2 Å². The molecule has 2 rings (SSSR count). The number of hydrogen-bond donors (Lipinski definition) is 2. The van der Waals surface area contributed by atoms with E-state index < -0.39 is 5.97 Å². The van der Waals surface area contributed by atoms with Gasteiger partial charge in [-0.15, -0.1) is 0 Å². The van der Waals surface area contributed by atoms with E-state index in [1.807, 2.05) is 0 Å². The predicted octanol–water partition coefficient (Wildman–Crippen LogP) is 0.842. The maximum Gasteiger partial charge on any atom is 0.337 e. The monoisotopic (exact) mass is 206 g/mol. The number of carbonyl (C=O) groups excluding carboxylic acids is 1. The molecule has 2 aromatic rings. The van der Waals surface area contributed by atoms with Gasteiger partial charge in [-0.25, -0.2) is 9.78 Å². The van der Waals surface area contributed by atoms with Crippen molar-refractivity contribution in [3.63, 3.8) is 0 Å². The largest absolute Gasteiger partial charge is 0.465 e. The number of H-pyrrole nitrogens is 1. The number of nitrogens with one attached hydrogen (secondary N) is 1. The average Bonchev–Trinajstić information content (AvgIpc) is 2.74. The smallest absolute Gasteiger partial charge is 0.337 e. The first kappa shape index (κ1) is 9.67. The van der Waals surface area contributed by atoms with Crippen LogP contribution in [0.1, 0.15) is 15.9 Å². The van der Waals surface area contributed by atoms with E-state index in [0.29, 0.717) is 22.2 Å².